The molecule has 3 N–H and O–H groups in total. The van der Waals surface area contributed by atoms with Crippen LogP contribution in [0.2, 0.25) is 0 Å². The minimum atomic E-state index is -0.0431. The summed E-state index contributed by atoms with van der Waals surface area (Å²) in [5.74, 6) is 1.50. The van der Waals surface area contributed by atoms with Crippen LogP contribution in [0.25, 0.3) is 0 Å². The van der Waals surface area contributed by atoms with Gasteiger partial charge in [0.25, 0.3) is 0 Å². The molecule has 6 nitrogen and oxygen atoms in total. The second kappa shape index (κ2) is 7.92. The summed E-state index contributed by atoms with van der Waals surface area (Å²) < 4.78 is 5.81. The maximum Gasteiger partial charge on any atom is 0.226 e. The molecule has 1 saturated heterocycles. The Balaban J connectivity index is 1.26. The highest BCUT2D eigenvalue weighted by molar-refractivity contribution is 5.81. The molecule has 2 heterocycles. The fourth-order valence-corrected chi connectivity index (χ4v) is 3.79. The van der Waals surface area contributed by atoms with Crippen LogP contribution in [0.15, 0.2) is 59.6 Å². The molecule has 2 aliphatic heterocycles. The van der Waals surface area contributed by atoms with Crippen LogP contribution in [0.1, 0.15) is 24.0 Å². The van der Waals surface area contributed by atoms with Gasteiger partial charge in [0.1, 0.15) is 12.4 Å². The maximum atomic E-state index is 12.7. The zero-order valence-electron chi connectivity index (χ0n) is 15.9. The Hall–Kier alpha value is -3.02. The zero-order chi connectivity index (χ0) is 19.4. The smallest absolute Gasteiger partial charge is 0.226 e. The summed E-state index contributed by atoms with van der Waals surface area (Å²) in [6, 6.07) is 17.9. The molecule has 0 atom stereocenters. The normalized spacial score (nSPS) is 17.9. The van der Waals surface area contributed by atoms with E-state index in [-0.39, 0.29) is 11.4 Å². The summed E-state index contributed by atoms with van der Waals surface area (Å²) in [6.45, 7) is 2.74. The number of hydrogen-bond acceptors (Lipinski definition) is 5. The first kappa shape index (κ1) is 18.3. The average molecular weight is 378 g/mol. The summed E-state index contributed by atoms with van der Waals surface area (Å²) in [5.41, 5.74) is 7.85. The molecule has 2 aromatic carbocycles. The molecule has 2 aliphatic rings. The van der Waals surface area contributed by atoms with Crippen LogP contribution in [-0.4, -0.2) is 41.9 Å². The largest absolute Gasteiger partial charge is 0.489 e. The van der Waals surface area contributed by atoms with Gasteiger partial charge in [-0.05, 0) is 36.1 Å². The van der Waals surface area contributed by atoms with Crippen molar-refractivity contribution in [2.45, 2.75) is 31.4 Å². The summed E-state index contributed by atoms with van der Waals surface area (Å²) in [6.07, 6.45) is 2.18. The Morgan fingerprint density at radius 2 is 1.79 bits per heavy atom. The monoisotopic (exact) mass is 378 g/mol. The van der Waals surface area contributed by atoms with Crippen molar-refractivity contribution in [3.63, 3.8) is 0 Å². The van der Waals surface area contributed by atoms with E-state index in [0.29, 0.717) is 25.5 Å². The van der Waals surface area contributed by atoms with Crippen molar-refractivity contribution in [1.82, 2.24) is 10.2 Å². The molecular weight excluding hydrogens is 352 g/mol. The molecule has 0 bridgehead atoms. The third-order valence-corrected chi connectivity index (χ3v) is 5.55. The topological polar surface area (TPSA) is 80.0 Å². The van der Waals surface area contributed by atoms with Gasteiger partial charge in [-0.25, -0.2) is 0 Å². The standard InChI is InChI=1S/C22H26N4O2/c23-21-24-16-22(25-21)10-12-26(13-11-22)20(27)14-17-6-8-19(9-7-17)28-15-18-4-2-1-3-5-18/h1-9H,10-16H2,(H3,23,24,25). The van der Waals surface area contributed by atoms with Crippen molar-refractivity contribution in [3.05, 3.63) is 65.7 Å². The number of amides is 1. The third kappa shape index (κ3) is 4.27. The Labute approximate surface area is 165 Å². The van der Waals surface area contributed by atoms with Crippen molar-refractivity contribution in [3.8, 4) is 5.75 Å². The predicted molar refractivity (Wildman–Crippen MR) is 109 cm³/mol. The number of benzene rings is 2. The highest BCUT2D eigenvalue weighted by Gasteiger charge is 2.38. The van der Waals surface area contributed by atoms with Crippen molar-refractivity contribution < 1.29 is 9.53 Å². The lowest BCUT2D eigenvalue weighted by Crippen LogP contribution is -2.56. The molecule has 0 saturated carbocycles. The van der Waals surface area contributed by atoms with Gasteiger partial charge in [0.05, 0.1) is 18.5 Å². The van der Waals surface area contributed by atoms with Gasteiger partial charge in [-0.15, -0.1) is 0 Å². The Morgan fingerprint density at radius 3 is 2.43 bits per heavy atom. The molecule has 4 rings (SSSR count). The van der Waals surface area contributed by atoms with E-state index in [1.807, 2.05) is 59.5 Å². The van der Waals surface area contributed by atoms with E-state index in [1.165, 1.54) is 0 Å². The number of rotatable bonds is 5. The van der Waals surface area contributed by atoms with Gasteiger partial charge in [0, 0.05) is 13.1 Å². The first-order valence-electron chi connectivity index (χ1n) is 9.73. The molecule has 146 valence electrons. The van der Waals surface area contributed by atoms with E-state index in [9.17, 15) is 4.79 Å². The minimum Gasteiger partial charge on any atom is -0.489 e. The average Bonchev–Trinajstić information content (AvgIpc) is 3.08. The quantitative estimate of drug-likeness (QED) is 0.835. The summed E-state index contributed by atoms with van der Waals surface area (Å²) >= 11 is 0. The number of hydrogen-bond donors (Lipinski definition) is 2. The zero-order valence-corrected chi connectivity index (χ0v) is 15.9. The number of nitrogens with two attached hydrogens (primary N) is 1. The number of piperidine rings is 1. The van der Waals surface area contributed by atoms with Crippen LogP contribution in [0.5, 0.6) is 5.75 Å². The van der Waals surface area contributed by atoms with Gasteiger partial charge in [-0.1, -0.05) is 42.5 Å². The Morgan fingerprint density at radius 1 is 1.07 bits per heavy atom. The van der Waals surface area contributed by atoms with E-state index in [4.69, 9.17) is 10.5 Å². The van der Waals surface area contributed by atoms with Crippen molar-refractivity contribution in [2.24, 2.45) is 10.7 Å². The molecule has 0 radical (unpaired) electrons. The van der Waals surface area contributed by atoms with Gasteiger partial charge < -0.3 is 20.7 Å². The van der Waals surface area contributed by atoms with Crippen molar-refractivity contribution in [1.29, 1.82) is 0 Å². The molecule has 2 aromatic rings. The predicted octanol–water partition coefficient (Wildman–Crippen LogP) is 2.09. The van der Waals surface area contributed by atoms with Crippen LogP contribution in [-0.2, 0) is 17.8 Å². The minimum absolute atomic E-state index is 0.0431. The van der Waals surface area contributed by atoms with E-state index >= 15 is 0 Å². The Kier molecular flexibility index (Phi) is 5.19. The number of nitrogens with one attached hydrogen (secondary N) is 1. The second-order valence-corrected chi connectivity index (χ2v) is 7.58. The number of likely N-dealkylation sites (tertiary alicyclic amines) is 1. The molecule has 0 aromatic heterocycles. The van der Waals surface area contributed by atoms with E-state index in [1.54, 1.807) is 0 Å². The first-order valence-corrected chi connectivity index (χ1v) is 9.73. The van der Waals surface area contributed by atoms with Gasteiger partial charge >= 0.3 is 0 Å². The number of ether oxygens (including phenoxy) is 1. The van der Waals surface area contributed by atoms with Gasteiger partial charge in [-0.2, -0.15) is 0 Å². The highest BCUT2D eigenvalue weighted by Crippen LogP contribution is 2.26. The van der Waals surface area contributed by atoms with Gasteiger partial charge in [0.15, 0.2) is 5.96 Å². The number of aliphatic imine (C=N–C) groups is 1. The lowest BCUT2D eigenvalue weighted by atomic mass is 9.88. The number of carbonyl (C=O) groups is 1. The van der Waals surface area contributed by atoms with Crippen LogP contribution in [0.4, 0.5) is 0 Å². The van der Waals surface area contributed by atoms with Crippen molar-refractivity contribution in [2.75, 3.05) is 19.6 Å². The molecule has 0 aliphatic carbocycles. The molecule has 0 unspecified atom stereocenters. The lowest BCUT2D eigenvalue weighted by Gasteiger charge is -2.39. The fourth-order valence-electron chi connectivity index (χ4n) is 3.79. The van der Waals surface area contributed by atoms with Crippen LogP contribution < -0.4 is 15.8 Å². The van der Waals surface area contributed by atoms with Crippen LogP contribution in [0.3, 0.4) is 0 Å². The van der Waals surface area contributed by atoms with E-state index < -0.39 is 0 Å². The maximum absolute atomic E-state index is 12.7. The molecule has 28 heavy (non-hydrogen) atoms. The van der Waals surface area contributed by atoms with Crippen LogP contribution in [0, 0.1) is 0 Å². The molecule has 1 amide bonds. The fraction of sp³-hybridized carbons (Fsp3) is 0.364. The third-order valence-electron chi connectivity index (χ3n) is 5.55. The van der Waals surface area contributed by atoms with Crippen molar-refractivity contribution >= 4 is 11.9 Å². The summed E-state index contributed by atoms with van der Waals surface area (Å²) in [7, 11) is 0. The lowest BCUT2D eigenvalue weighted by molar-refractivity contribution is -0.132. The number of carbonyl (C=O) groups excluding carboxylic acids is 1. The first-order chi connectivity index (χ1) is 13.6. The SMILES string of the molecule is NC1=NCC2(CCN(C(=O)Cc3ccc(OCc4ccccc4)cc3)CC2)N1. The van der Waals surface area contributed by atoms with Gasteiger partial charge in [0.2, 0.25) is 5.91 Å². The van der Waals surface area contributed by atoms with E-state index in [0.717, 1.165) is 42.8 Å². The van der Waals surface area contributed by atoms with Gasteiger partial charge in [-0.3, -0.25) is 9.79 Å². The molecule has 6 heteroatoms. The van der Waals surface area contributed by atoms with Crippen LogP contribution >= 0.6 is 0 Å². The second-order valence-electron chi connectivity index (χ2n) is 7.58. The molecular formula is C22H26N4O2. The number of guanidine groups is 1. The molecule has 1 fully saturated rings. The van der Waals surface area contributed by atoms with E-state index in [2.05, 4.69) is 10.3 Å². The Bertz CT molecular complexity index is 841. The summed E-state index contributed by atoms with van der Waals surface area (Å²) in [4.78, 5) is 18.9. The summed E-state index contributed by atoms with van der Waals surface area (Å²) in [5, 5.41) is 3.28. The number of nitrogens with zero attached hydrogens (tertiary/aromatic N) is 2. The molecule has 1 spiro atoms. The highest BCUT2D eigenvalue weighted by atomic mass is 16.5.